The van der Waals surface area contributed by atoms with E-state index in [1.54, 1.807) is 4.88 Å². The van der Waals surface area contributed by atoms with Crippen molar-refractivity contribution in [2.45, 2.75) is 19.5 Å². The van der Waals surface area contributed by atoms with Gasteiger partial charge in [0.15, 0.2) is 0 Å². The van der Waals surface area contributed by atoms with Gasteiger partial charge in [0.05, 0.1) is 0 Å². The second-order valence-electron chi connectivity index (χ2n) is 4.84. The molecule has 100 valence electrons. The van der Waals surface area contributed by atoms with Gasteiger partial charge in [0, 0.05) is 34.7 Å². The Labute approximate surface area is 126 Å². The van der Waals surface area contributed by atoms with Crippen LogP contribution in [-0.4, -0.2) is 13.6 Å². The van der Waals surface area contributed by atoms with Crippen molar-refractivity contribution in [2.75, 3.05) is 18.5 Å². The summed E-state index contributed by atoms with van der Waals surface area (Å²) in [5, 5.41) is 5.47. The predicted octanol–water partition coefficient (Wildman–Crippen LogP) is 3.79. The summed E-state index contributed by atoms with van der Waals surface area (Å²) in [4.78, 5) is 4.05. The smallest absolute Gasteiger partial charge is 0.0440 e. The molecule has 0 atom stereocenters. The van der Waals surface area contributed by atoms with Gasteiger partial charge in [-0.2, -0.15) is 0 Å². The molecule has 0 saturated heterocycles. The first-order valence-corrected chi connectivity index (χ1v) is 8.18. The normalized spacial score (nSPS) is 14.5. The van der Waals surface area contributed by atoms with E-state index in [9.17, 15) is 0 Å². The molecule has 1 aliphatic rings. The van der Waals surface area contributed by atoms with E-state index in [2.05, 4.69) is 55.8 Å². The van der Waals surface area contributed by atoms with E-state index >= 15 is 0 Å². The Morgan fingerprint density at radius 2 is 2.26 bits per heavy atom. The van der Waals surface area contributed by atoms with E-state index in [0.29, 0.717) is 0 Å². The molecule has 1 aromatic heterocycles. The van der Waals surface area contributed by atoms with Crippen LogP contribution in [0.2, 0.25) is 0 Å². The maximum Gasteiger partial charge on any atom is 0.0440 e. The number of thiophene rings is 1. The third-order valence-electron chi connectivity index (χ3n) is 3.56. The lowest BCUT2D eigenvalue weighted by Crippen LogP contribution is -2.30. The minimum Gasteiger partial charge on any atom is -0.367 e. The molecular weight excluding hydrogens is 320 g/mol. The number of nitrogens with zero attached hydrogens (tertiary/aromatic N) is 1. The Bertz CT molecular complexity index is 579. The van der Waals surface area contributed by atoms with Gasteiger partial charge in [-0.25, -0.2) is 0 Å². The van der Waals surface area contributed by atoms with Gasteiger partial charge in [0.2, 0.25) is 0 Å². The third kappa shape index (κ3) is 2.71. The number of halogens is 1. The Hall–Kier alpha value is -0.840. The number of fused-ring (bicyclic) bond motifs is 1. The lowest BCUT2D eigenvalue weighted by molar-refractivity contribution is 0.729. The van der Waals surface area contributed by atoms with Crippen LogP contribution in [0.15, 0.2) is 34.1 Å². The monoisotopic (exact) mass is 336 g/mol. The van der Waals surface area contributed by atoms with Crippen molar-refractivity contribution in [1.82, 2.24) is 5.32 Å². The van der Waals surface area contributed by atoms with E-state index < -0.39 is 0 Å². The van der Waals surface area contributed by atoms with Crippen molar-refractivity contribution in [1.29, 1.82) is 0 Å². The Balaban J connectivity index is 1.92. The molecule has 1 aromatic carbocycles. The number of nitrogens with one attached hydrogen (secondary N) is 1. The summed E-state index contributed by atoms with van der Waals surface area (Å²) in [6.07, 6.45) is 1.17. The second kappa shape index (κ2) is 5.65. The summed E-state index contributed by atoms with van der Waals surface area (Å²) in [5.41, 5.74) is 4.21. The molecule has 19 heavy (non-hydrogen) atoms. The Morgan fingerprint density at radius 1 is 1.37 bits per heavy atom. The maximum absolute atomic E-state index is 3.59. The number of rotatable bonds is 3. The van der Waals surface area contributed by atoms with E-state index in [-0.39, 0.29) is 0 Å². The lowest BCUT2D eigenvalue weighted by atomic mass is 10.1. The molecule has 1 aliphatic heterocycles. The molecule has 0 bridgehead atoms. The summed E-state index contributed by atoms with van der Waals surface area (Å²) in [6.45, 7) is 3.06. The van der Waals surface area contributed by atoms with Crippen molar-refractivity contribution >= 4 is 33.0 Å². The van der Waals surface area contributed by atoms with Crippen LogP contribution in [0.25, 0.3) is 0 Å². The minimum atomic E-state index is 0.912. The highest BCUT2D eigenvalue weighted by Gasteiger charge is 2.19. The van der Waals surface area contributed by atoms with Crippen molar-refractivity contribution in [3.05, 3.63) is 50.1 Å². The van der Waals surface area contributed by atoms with Crippen molar-refractivity contribution in [2.24, 2.45) is 0 Å². The quantitative estimate of drug-likeness (QED) is 0.917. The molecule has 0 fully saturated rings. The molecule has 1 N–H and O–H groups in total. The van der Waals surface area contributed by atoms with Gasteiger partial charge >= 0.3 is 0 Å². The summed E-state index contributed by atoms with van der Waals surface area (Å²) in [7, 11) is 2.00. The van der Waals surface area contributed by atoms with E-state index in [1.165, 1.54) is 23.2 Å². The third-order valence-corrected chi connectivity index (χ3v) is 5.08. The van der Waals surface area contributed by atoms with Crippen LogP contribution in [-0.2, 0) is 19.5 Å². The van der Waals surface area contributed by atoms with Gasteiger partial charge in [0.25, 0.3) is 0 Å². The molecule has 4 heteroatoms. The van der Waals surface area contributed by atoms with Gasteiger partial charge in [0.1, 0.15) is 0 Å². The average Bonchev–Trinajstić information content (AvgIpc) is 2.88. The van der Waals surface area contributed by atoms with Gasteiger partial charge < -0.3 is 10.2 Å². The highest BCUT2D eigenvalue weighted by Crippen LogP contribution is 2.31. The van der Waals surface area contributed by atoms with E-state index in [1.807, 2.05) is 18.4 Å². The van der Waals surface area contributed by atoms with Gasteiger partial charge in [-0.1, -0.05) is 22.0 Å². The molecule has 2 nitrogen and oxygen atoms in total. The zero-order valence-electron chi connectivity index (χ0n) is 10.9. The highest BCUT2D eigenvalue weighted by atomic mass is 79.9. The van der Waals surface area contributed by atoms with Crippen molar-refractivity contribution in [3.63, 3.8) is 0 Å². The zero-order chi connectivity index (χ0) is 13.2. The summed E-state index contributed by atoms with van der Waals surface area (Å²) < 4.78 is 1.15. The molecule has 0 saturated carbocycles. The second-order valence-corrected chi connectivity index (χ2v) is 6.76. The maximum atomic E-state index is 3.59. The predicted molar refractivity (Wildman–Crippen MR) is 86.0 cm³/mol. The molecule has 2 aromatic rings. The highest BCUT2D eigenvalue weighted by molar-refractivity contribution is 9.10. The van der Waals surface area contributed by atoms with Crippen LogP contribution < -0.4 is 10.2 Å². The van der Waals surface area contributed by atoms with Crippen LogP contribution >= 0.6 is 27.3 Å². The summed E-state index contributed by atoms with van der Waals surface area (Å²) in [5.74, 6) is 0. The number of anilines is 1. The van der Waals surface area contributed by atoms with Crippen LogP contribution in [0.3, 0.4) is 0 Å². The molecule has 0 spiro atoms. The van der Waals surface area contributed by atoms with Crippen LogP contribution in [0, 0.1) is 0 Å². The molecule has 0 amide bonds. The fraction of sp³-hybridized carbons (Fsp3) is 0.333. The van der Waals surface area contributed by atoms with Crippen LogP contribution in [0.5, 0.6) is 0 Å². The molecular formula is C15H17BrN2S. The van der Waals surface area contributed by atoms with Crippen molar-refractivity contribution < 1.29 is 0 Å². The lowest BCUT2D eigenvalue weighted by Gasteiger charge is -2.31. The topological polar surface area (TPSA) is 15.3 Å². The Morgan fingerprint density at radius 3 is 3.11 bits per heavy atom. The fourth-order valence-corrected chi connectivity index (χ4v) is 3.86. The number of hydrogen-bond acceptors (Lipinski definition) is 3. The number of hydrogen-bond donors (Lipinski definition) is 1. The zero-order valence-corrected chi connectivity index (χ0v) is 13.4. The molecule has 3 rings (SSSR count). The minimum absolute atomic E-state index is 0.912. The standard InChI is InChI=1S/C15H17BrN2S/c1-17-9-11-2-3-13(16)8-14(11)18-6-4-15-12(10-18)5-7-19-15/h2-3,5,7-8,17H,4,6,9-10H2,1H3. The molecule has 2 heterocycles. The first-order valence-electron chi connectivity index (χ1n) is 6.51. The average molecular weight is 337 g/mol. The summed E-state index contributed by atoms with van der Waals surface area (Å²) in [6, 6.07) is 8.83. The first kappa shape index (κ1) is 13.2. The summed E-state index contributed by atoms with van der Waals surface area (Å²) >= 11 is 5.49. The largest absolute Gasteiger partial charge is 0.367 e. The van der Waals surface area contributed by atoms with Crippen molar-refractivity contribution in [3.8, 4) is 0 Å². The number of benzene rings is 1. The molecule has 0 radical (unpaired) electrons. The first-order chi connectivity index (χ1) is 9.28. The van der Waals surface area contributed by atoms with Gasteiger partial charge in [-0.05, 0) is 48.2 Å². The van der Waals surface area contributed by atoms with Crippen LogP contribution in [0.1, 0.15) is 16.0 Å². The van der Waals surface area contributed by atoms with E-state index in [4.69, 9.17) is 0 Å². The SMILES string of the molecule is CNCc1ccc(Br)cc1N1CCc2sccc2C1. The van der Waals surface area contributed by atoms with Gasteiger partial charge in [-0.15, -0.1) is 11.3 Å². The molecule has 0 unspecified atom stereocenters. The fourth-order valence-electron chi connectivity index (χ4n) is 2.63. The molecule has 0 aliphatic carbocycles. The van der Waals surface area contributed by atoms with Gasteiger partial charge in [-0.3, -0.25) is 0 Å². The van der Waals surface area contributed by atoms with Crippen LogP contribution in [0.4, 0.5) is 5.69 Å². The van der Waals surface area contributed by atoms with E-state index in [0.717, 1.165) is 24.1 Å². The Kier molecular flexibility index (Phi) is 3.91.